The van der Waals surface area contributed by atoms with Crippen molar-refractivity contribution in [1.82, 2.24) is 5.32 Å². The second kappa shape index (κ2) is 10.4. The van der Waals surface area contributed by atoms with Crippen LogP contribution < -0.4 is 25.3 Å². The Kier molecular flexibility index (Phi) is 7.35. The van der Waals surface area contributed by atoms with Gasteiger partial charge in [0.2, 0.25) is 0 Å². The highest BCUT2D eigenvalue weighted by Crippen LogP contribution is 2.36. The Morgan fingerprint density at radius 3 is 2.42 bits per heavy atom. The molecule has 0 saturated carbocycles. The average molecular weight is 441 g/mol. The van der Waals surface area contributed by atoms with Crippen molar-refractivity contribution in [3.8, 4) is 23.0 Å². The molecule has 3 aromatic rings. The molecule has 3 rings (SSSR count). The number of halogens is 1. The van der Waals surface area contributed by atoms with E-state index in [4.69, 9.17) is 31.5 Å². The minimum Gasteiger partial charge on any atom is -0.493 e. The molecule has 3 N–H and O–H groups in total. The lowest BCUT2D eigenvalue weighted by Gasteiger charge is -2.14. The summed E-state index contributed by atoms with van der Waals surface area (Å²) in [6, 6.07) is 19.7. The molecule has 0 bridgehead atoms. The van der Waals surface area contributed by atoms with Gasteiger partial charge in [0.1, 0.15) is 11.5 Å². The van der Waals surface area contributed by atoms with Crippen LogP contribution in [0.25, 0.3) is 0 Å². The highest BCUT2D eigenvalue weighted by atomic mass is 35.5. The van der Waals surface area contributed by atoms with Crippen LogP contribution in [0.5, 0.6) is 23.0 Å². The van der Waals surface area contributed by atoms with Gasteiger partial charge in [0.15, 0.2) is 18.1 Å². The van der Waals surface area contributed by atoms with Gasteiger partial charge >= 0.3 is 0 Å². The third kappa shape index (κ3) is 5.90. The van der Waals surface area contributed by atoms with Gasteiger partial charge in [-0.3, -0.25) is 9.59 Å². The van der Waals surface area contributed by atoms with Gasteiger partial charge in [-0.2, -0.15) is 0 Å². The number of methoxy groups -OCH3 is 1. The van der Waals surface area contributed by atoms with Gasteiger partial charge in [-0.15, -0.1) is 0 Å². The van der Waals surface area contributed by atoms with Gasteiger partial charge in [-0.1, -0.05) is 48.0 Å². The number of hydrogen-bond donors (Lipinski definition) is 2. The molecule has 0 aromatic heterocycles. The molecule has 0 aliphatic heterocycles. The van der Waals surface area contributed by atoms with E-state index in [1.807, 2.05) is 54.6 Å². The Bertz CT molecular complexity index is 1070. The maximum absolute atomic E-state index is 12.7. The number of nitrogens with two attached hydrogens (primary N) is 1. The van der Waals surface area contributed by atoms with Crippen molar-refractivity contribution in [2.75, 3.05) is 13.7 Å². The van der Waals surface area contributed by atoms with Gasteiger partial charge in [0.05, 0.1) is 12.1 Å². The van der Waals surface area contributed by atoms with E-state index in [0.717, 1.165) is 5.56 Å². The number of amides is 2. The summed E-state index contributed by atoms with van der Waals surface area (Å²) < 4.78 is 16.4. The second-order valence-electron chi connectivity index (χ2n) is 6.45. The molecule has 0 radical (unpaired) electrons. The number of nitrogens with one attached hydrogen (secondary N) is 1. The van der Waals surface area contributed by atoms with E-state index in [0.29, 0.717) is 11.5 Å². The lowest BCUT2D eigenvalue weighted by atomic mass is 10.1. The second-order valence-corrected chi connectivity index (χ2v) is 6.86. The first-order valence-electron chi connectivity index (χ1n) is 9.35. The predicted octanol–water partition coefficient (Wildman–Crippen LogP) is 3.94. The molecule has 0 heterocycles. The number of hydrogen-bond acceptors (Lipinski definition) is 5. The lowest BCUT2D eigenvalue weighted by Crippen LogP contribution is -2.23. The van der Waals surface area contributed by atoms with E-state index in [9.17, 15) is 9.59 Å². The molecule has 0 aliphatic carbocycles. The van der Waals surface area contributed by atoms with Gasteiger partial charge in [0, 0.05) is 17.7 Å². The quantitative estimate of drug-likeness (QED) is 0.525. The summed E-state index contributed by atoms with van der Waals surface area (Å²) in [6.07, 6.45) is 0. The molecule has 0 fully saturated rings. The van der Waals surface area contributed by atoms with Crippen LogP contribution in [-0.2, 0) is 11.3 Å². The normalized spacial score (nSPS) is 10.3. The van der Waals surface area contributed by atoms with Gasteiger partial charge in [-0.05, 0) is 30.3 Å². The molecule has 3 aromatic carbocycles. The number of benzene rings is 3. The fourth-order valence-corrected chi connectivity index (χ4v) is 3.04. The molecule has 160 valence electrons. The van der Waals surface area contributed by atoms with Crippen molar-refractivity contribution in [2.45, 2.75) is 6.54 Å². The summed E-state index contributed by atoms with van der Waals surface area (Å²) in [5, 5.41) is 2.97. The summed E-state index contributed by atoms with van der Waals surface area (Å²) in [5.41, 5.74) is 6.17. The van der Waals surface area contributed by atoms with Crippen molar-refractivity contribution >= 4 is 23.4 Å². The van der Waals surface area contributed by atoms with E-state index in [1.165, 1.54) is 19.2 Å². The highest BCUT2D eigenvalue weighted by molar-refractivity contribution is 6.32. The van der Waals surface area contributed by atoms with Crippen LogP contribution in [0.15, 0.2) is 66.7 Å². The Morgan fingerprint density at radius 1 is 1.00 bits per heavy atom. The maximum atomic E-state index is 12.7. The van der Waals surface area contributed by atoms with Gasteiger partial charge in [-0.25, -0.2) is 0 Å². The van der Waals surface area contributed by atoms with Crippen LogP contribution in [-0.4, -0.2) is 25.5 Å². The van der Waals surface area contributed by atoms with E-state index < -0.39 is 5.91 Å². The monoisotopic (exact) mass is 440 g/mol. The summed E-state index contributed by atoms with van der Waals surface area (Å²) in [7, 11) is 1.40. The van der Waals surface area contributed by atoms with Crippen LogP contribution in [0.2, 0.25) is 5.02 Å². The van der Waals surface area contributed by atoms with Crippen LogP contribution in [0.3, 0.4) is 0 Å². The third-order valence-corrected chi connectivity index (χ3v) is 4.51. The SMILES string of the molecule is COc1cc(C(=O)NCc2ccccc2Oc2ccccc2)cc(Cl)c1OCC(N)=O. The third-order valence-electron chi connectivity index (χ3n) is 4.23. The van der Waals surface area contributed by atoms with Crippen molar-refractivity contribution in [3.63, 3.8) is 0 Å². The van der Waals surface area contributed by atoms with E-state index >= 15 is 0 Å². The summed E-state index contributed by atoms with van der Waals surface area (Å²) in [4.78, 5) is 23.7. The number of para-hydroxylation sites is 2. The molecule has 0 spiro atoms. The molecular weight excluding hydrogens is 420 g/mol. The summed E-state index contributed by atoms with van der Waals surface area (Å²) in [6.45, 7) is -0.123. The van der Waals surface area contributed by atoms with E-state index in [-0.39, 0.29) is 41.1 Å². The Morgan fingerprint density at radius 2 is 1.71 bits per heavy atom. The van der Waals surface area contributed by atoms with E-state index in [2.05, 4.69) is 5.32 Å². The summed E-state index contributed by atoms with van der Waals surface area (Å²) in [5.74, 6) is 0.671. The number of carbonyl (C=O) groups excluding carboxylic acids is 2. The van der Waals surface area contributed by atoms with Crippen molar-refractivity contribution in [1.29, 1.82) is 0 Å². The highest BCUT2D eigenvalue weighted by Gasteiger charge is 2.17. The molecule has 31 heavy (non-hydrogen) atoms. The number of carbonyl (C=O) groups is 2. The molecular formula is C23H21ClN2O5. The van der Waals surface area contributed by atoms with Crippen molar-refractivity contribution < 1.29 is 23.8 Å². The molecule has 2 amide bonds. The Labute approximate surface area is 184 Å². The number of primary amides is 1. The van der Waals surface area contributed by atoms with Gasteiger partial charge in [0.25, 0.3) is 11.8 Å². The van der Waals surface area contributed by atoms with Gasteiger partial charge < -0.3 is 25.3 Å². The fraction of sp³-hybridized carbons (Fsp3) is 0.130. The molecule has 0 atom stereocenters. The average Bonchev–Trinajstić information content (AvgIpc) is 2.77. The van der Waals surface area contributed by atoms with Crippen LogP contribution in [0, 0.1) is 0 Å². The number of rotatable bonds is 9. The van der Waals surface area contributed by atoms with Crippen LogP contribution in [0.4, 0.5) is 0 Å². The van der Waals surface area contributed by atoms with Crippen LogP contribution >= 0.6 is 11.6 Å². The standard InChI is InChI=1S/C23H21ClN2O5/c1-29-20-12-16(11-18(24)22(20)30-14-21(25)27)23(28)26-13-15-7-5-6-10-19(15)31-17-8-3-2-4-9-17/h2-12H,13-14H2,1H3,(H2,25,27)(H,26,28). The molecule has 7 nitrogen and oxygen atoms in total. The molecule has 0 saturated heterocycles. The zero-order valence-electron chi connectivity index (χ0n) is 16.8. The topological polar surface area (TPSA) is 99.9 Å². The minimum atomic E-state index is -0.656. The first-order valence-corrected chi connectivity index (χ1v) is 9.73. The van der Waals surface area contributed by atoms with Crippen molar-refractivity contribution in [3.05, 3.63) is 82.9 Å². The number of ether oxygens (including phenoxy) is 3. The minimum absolute atomic E-state index is 0.124. The Hall–Kier alpha value is -3.71. The predicted molar refractivity (Wildman–Crippen MR) is 117 cm³/mol. The van der Waals surface area contributed by atoms with Crippen LogP contribution in [0.1, 0.15) is 15.9 Å². The molecule has 0 unspecified atom stereocenters. The van der Waals surface area contributed by atoms with E-state index in [1.54, 1.807) is 0 Å². The Balaban J connectivity index is 1.73. The maximum Gasteiger partial charge on any atom is 0.255 e. The largest absolute Gasteiger partial charge is 0.493 e. The summed E-state index contributed by atoms with van der Waals surface area (Å²) >= 11 is 6.22. The molecule has 0 aliphatic rings. The first-order chi connectivity index (χ1) is 15.0. The smallest absolute Gasteiger partial charge is 0.255 e. The van der Waals surface area contributed by atoms with Crippen molar-refractivity contribution in [2.24, 2.45) is 5.73 Å². The molecule has 8 heteroatoms. The lowest BCUT2D eigenvalue weighted by molar-refractivity contribution is -0.119. The first kappa shape index (κ1) is 22.0. The zero-order valence-corrected chi connectivity index (χ0v) is 17.5. The fourth-order valence-electron chi connectivity index (χ4n) is 2.78. The zero-order chi connectivity index (χ0) is 22.2.